The van der Waals surface area contributed by atoms with Gasteiger partial charge in [-0.2, -0.15) is 0 Å². The maximum Gasteiger partial charge on any atom is 0.339 e. The Hall–Kier alpha value is -1.46. The predicted octanol–water partition coefficient (Wildman–Crippen LogP) is 1.77. The lowest BCUT2D eigenvalue weighted by atomic mass is 10.00. The number of hydrogen-bond donors (Lipinski definition) is 1. The topological polar surface area (TPSA) is 60.5 Å². The van der Waals surface area contributed by atoms with E-state index in [1.807, 2.05) is 6.07 Å². The molecule has 2 rings (SSSR count). The largest absolute Gasteiger partial charge is 0.465 e. The molecule has 1 aliphatic heterocycles. The highest BCUT2D eigenvalue weighted by atomic mass is 16.5. The van der Waals surface area contributed by atoms with Crippen LogP contribution in [0, 0.1) is 5.92 Å². The molecule has 1 saturated heterocycles. The smallest absolute Gasteiger partial charge is 0.339 e. The summed E-state index contributed by atoms with van der Waals surface area (Å²) < 4.78 is 10.3. The number of esters is 1. The van der Waals surface area contributed by atoms with E-state index in [2.05, 4.69) is 22.0 Å². The van der Waals surface area contributed by atoms with Gasteiger partial charge in [-0.3, -0.25) is 4.98 Å². The third-order valence-electron chi connectivity index (χ3n) is 3.71. The molecule has 110 valence electrons. The number of carbonyl (C=O) groups is 1. The number of ether oxygens (including phenoxy) is 2. The molecule has 0 aromatic carbocycles. The highest BCUT2D eigenvalue weighted by Crippen LogP contribution is 2.22. The monoisotopic (exact) mass is 278 g/mol. The minimum atomic E-state index is -0.356. The van der Waals surface area contributed by atoms with Crippen molar-refractivity contribution in [3.63, 3.8) is 0 Å². The van der Waals surface area contributed by atoms with E-state index >= 15 is 0 Å². The Labute approximate surface area is 119 Å². The van der Waals surface area contributed by atoms with Crippen LogP contribution in [-0.4, -0.2) is 37.3 Å². The van der Waals surface area contributed by atoms with E-state index < -0.39 is 0 Å². The number of carbonyl (C=O) groups excluding carboxylic acids is 1. The Bertz CT molecular complexity index is 433. The van der Waals surface area contributed by atoms with Crippen LogP contribution < -0.4 is 5.32 Å². The fourth-order valence-electron chi connectivity index (χ4n) is 2.53. The quantitative estimate of drug-likeness (QED) is 0.804. The Balaban J connectivity index is 1.78. The van der Waals surface area contributed by atoms with E-state index in [4.69, 9.17) is 4.74 Å². The fraction of sp³-hybridized carbons (Fsp3) is 0.600. The summed E-state index contributed by atoms with van der Waals surface area (Å²) in [6, 6.07) is 3.59. The van der Waals surface area contributed by atoms with Gasteiger partial charge in [0.1, 0.15) is 0 Å². The van der Waals surface area contributed by atoms with Gasteiger partial charge in [0.05, 0.1) is 24.5 Å². The van der Waals surface area contributed by atoms with E-state index in [9.17, 15) is 4.79 Å². The first kappa shape index (κ1) is 14.9. The van der Waals surface area contributed by atoms with Crippen LogP contribution in [0.15, 0.2) is 18.3 Å². The lowest BCUT2D eigenvalue weighted by molar-refractivity contribution is 0.0600. The first-order valence-electron chi connectivity index (χ1n) is 7.10. The summed E-state index contributed by atoms with van der Waals surface area (Å²) in [5.41, 5.74) is 1.40. The Morgan fingerprint density at radius 3 is 3.05 bits per heavy atom. The average Bonchev–Trinajstić information content (AvgIpc) is 2.94. The molecular formula is C15H22N2O3. The molecule has 2 unspecified atom stereocenters. The first-order chi connectivity index (χ1) is 9.74. The van der Waals surface area contributed by atoms with Crippen molar-refractivity contribution in [2.24, 2.45) is 5.92 Å². The number of rotatable bonds is 6. The summed E-state index contributed by atoms with van der Waals surface area (Å²) in [5, 5.41) is 3.41. The molecular weight excluding hydrogens is 256 g/mol. The lowest BCUT2D eigenvalue weighted by Gasteiger charge is -2.17. The van der Waals surface area contributed by atoms with Gasteiger partial charge in [-0.15, -0.1) is 0 Å². The standard InChI is InChI=1S/C15H22N2O3/c1-3-14-11(6-7-20-14)8-16-10-13-5-4-12(9-17-13)15(18)19-2/h4-5,9,11,14,16H,3,6-8,10H2,1-2H3. The Kier molecular flexibility index (Phi) is 5.49. The van der Waals surface area contributed by atoms with Gasteiger partial charge < -0.3 is 14.8 Å². The van der Waals surface area contributed by atoms with Crippen LogP contribution in [0.25, 0.3) is 0 Å². The Morgan fingerprint density at radius 1 is 1.55 bits per heavy atom. The normalized spacial score (nSPS) is 21.9. The molecule has 1 aliphatic rings. The van der Waals surface area contributed by atoms with Gasteiger partial charge in [0.25, 0.3) is 0 Å². The first-order valence-corrected chi connectivity index (χ1v) is 7.10. The summed E-state index contributed by atoms with van der Waals surface area (Å²) in [5.74, 6) is 0.236. The SMILES string of the molecule is CCC1OCCC1CNCc1ccc(C(=O)OC)cn1. The molecule has 2 atom stereocenters. The van der Waals surface area contributed by atoms with Crippen molar-refractivity contribution >= 4 is 5.97 Å². The zero-order valence-electron chi connectivity index (χ0n) is 12.1. The number of nitrogens with zero attached hydrogens (tertiary/aromatic N) is 1. The average molecular weight is 278 g/mol. The second-order valence-corrected chi connectivity index (χ2v) is 5.03. The van der Waals surface area contributed by atoms with E-state index in [1.165, 1.54) is 7.11 Å². The minimum Gasteiger partial charge on any atom is -0.465 e. The van der Waals surface area contributed by atoms with Crippen molar-refractivity contribution in [3.05, 3.63) is 29.6 Å². The molecule has 0 spiro atoms. The molecule has 5 nitrogen and oxygen atoms in total. The number of methoxy groups -OCH3 is 1. The summed E-state index contributed by atoms with van der Waals surface area (Å²) in [7, 11) is 1.37. The van der Waals surface area contributed by atoms with Crippen LogP contribution in [-0.2, 0) is 16.0 Å². The van der Waals surface area contributed by atoms with Crippen molar-refractivity contribution in [2.75, 3.05) is 20.3 Å². The van der Waals surface area contributed by atoms with Crippen LogP contribution in [0.2, 0.25) is 0 Å². The summed E-state index contributed by atoms with van der Waals surface area (Å²) >= 11 is 0. The van der Waals surface area contributed by atoms with Gasteiger partial charge in [0.2, 0.25) is 0 Å². The highest BCUT2D eigenvalue weighted by Gasteiger charge is 2.25. The van der Waals surface area contributed by atoms with Crippen molar-refractivity contribution < 1.29 is 14.3 Å². The molecule has 0 radical (unpaired) electrons. The molecule has 0 aliphatic carbocycles. The lowest BCUT2D eigenvalue weighted by Crippen LogP contribution is -2.28. The Morgan fingerprint density at radius 2 is 2.40 bits per heavy atom. The van der Waals surface area contributed by atoms with Gasteiger partial charge >= 0.3 is 5.97 Å². The molecule has 1 fully saturated rings. The molecule has 1 N–H and O–H groups in total. The van der Waals surface area contributed by atoms with Crippen LogP contribution in [0.3, 0.4) is 0 Å². The highest BCUT2D eigenvalue weighted by molar-refractivity contribution is 5.88. The number of aromatic nitrogens is 1. The van der Waals surface area contributed by atoms with Crippen LogP contribution in [0.5, 0.6) is 0 Å². The summed E-state index contributed by atoms with van der Waals surface area (Å²) in [6.07, 6.45) is 4.13. The maximum atomic E-state index is 11.3. The number of nitrogens with one attached hydrogen (secondary N) is 1. The predicted molar refractivity (Wildman–Crippen MR) is 75.4 cm³/mol. The van der Waals surface area contributed by atoms with Gasteiger partial charge in [0.15, 0.2) is 0 Å². The fourth-order valence-corrected chi connectivity index (χ4v) is 2.53. The summed E-state index contributed by atoms with van der Waals surface area (Å²) in [4.78, 5) is 15.5. The molecule has 0 bridgehead atoms. The van der Waals surface area contributed by atoms with E-state index in [0.717, 1.165) is 31.7 Å². The van der Waals surface area contributed by atoms with Crippen molar-refractivity contribution in [2.45, 2.75) is 32.4 Å². The maximum absolute atomic E-state index is 11.3. The number of hydrogen-bond acceptors (Lipinski definition) is 5. The second-order valence-electron chi connectivity index (χ2n) is 5.03. The van der Waals surface area contributed by atoms with E-state index in [-0.39, 0.29) is 5.97 Å². The van der Waals surface area contributed by atoms with Crippen molar-refractivity contribution in [1.82, 2.24) is 10.3 Å². The van der Waals surface area contributed by atoms with Gasteiger partial charge in [-0.05, 0) is 30.9 Å². The van der Waals surface area contributed by atoms with Crippen LogP contribution >= 0.6 is 0 Å². The molecule has 5 heteroatoms. The zero-order valence-corrected chi connectivity index (χ0v) is 12.1. The molecule has 1 aromatic heterocycles. The molecule has 20 heavy (non-hydrogen) atoms. The molecule has 0 amide bonds. The number of pyridine rings is 1. The third kappa shape index (κ3) is 3.77. The van der Waals surface area contributed by atoms with Crippen molar-refractivity contribution in [1.29, 1.82) is 0 Å². The van der Waals surface area contributed by atoms with Crippen LogP contribution in [0.4, 0.5) is 0 Å². The third-order valence-corrected chi connectivity index (χ3v) is 3.71. The molecule has 2 heterocycles. The zero-order chi connectivity index (χ0) is 14.4. The summed E-state index contributed by atoms with van der Waals surface area (Å²) in [6.45, 7) is 4.68. The van der Waals surface area contributed by atoms with Gasteiger partial charge in [-0.25, -0.2) is 4.79 Å². The van der Waals surface area contributed by atoms with Crippen LogP contribution in [0.1, 0.15) is 35.8 Å². The van der Waals surface area contributed by atoms with E-state index in [0.29, 0.717) is 24.1 Å². The minimum absolute atomic E-state index is 0.356. The second kappa shape index (κ2) is 7.36. The van der Waals surface area contributed by atoms with Crippen molar-refractivity contribution in [3.8, 4) is 0 Å². The molecule has 0 saturated carbocycles. The molecule has 1 aromatic rings. The van der Waals surface area contributed by atoms with Gasteiger partial charge in [0, 0.05) is 25.9 Å². The van der Waals surface area contributed by atoms with Gasteiger partial charge in [-0.1, -0.05) is 6.92 Å². The van der Waals surface area contributed by atoms with E-state index in [1.54, 1.807) is 12.3 Å².